The van der Waals surface area contributed by atoms with E-state index in [9.17, 15) is 61.0 Å². The number of carbonyl (C=O) groups is 1. The Balaban J connectivity index is 0.965. The quantitative estimate of drug-likeness (QED) is 0.101. The van der Waals surface area contributed by atoms with Crippen LogP contribution in [-0.2, 0) is 33.2 Å². The maximum absolute atomic E-state index is 15.0. The van der Waals surface area contributed by atoms with Crippen LogP contribution in [-0.4, -0.2) is 180 Å². The number of hydrogen-bond acceptors (Lipinski definition) is 18. The molecule has 3 heterocycles. The number of carbonyl (C=O) groups excluding carboxylic acids is 1. The maximum Gasteiger partial charge on any atom is 0.314 e. The Morgan fingerprint density at radius 1 is 0.652 bits per heavy atom. The Morgan fingerprint density at radius 2 is 1.30 bits per heavy atom. The van der Waals surface area contributed by atoms with Gasteiger partial charge in [-0.05, 0) is 124 Å². The predicted octanol–water partition coefficient (Wildman–Crippen LogP) is -0.00360. The van der Waals surface area contributed by atoms with Gasteiger partial charge >= 0.3 is 5.97 Å². The smallest absolute Gasteiger partial charge is 0.314 e. The van der Waals surface area contributed by atoms with Gasteiger partial charge in [0.1, 0.15) is 67.1 Å². The largest absolute Gasteiger partial charge is 0.432 e. The molecule has 0 unspecified atom stereocenters. The Kier molecular flexibility index (Phi) is 14.1. The van der Waals surface area contributed by atoms with E-state index in [0.29, 0.717) is 25.2 Å². The van der Waals surface area contributed by atoms with Crippen LogP contribution in [0.1, 0.15) is 106 Å². The fraction of sp³-hybridized carbons (Fsp3) is 0.938. The van der Waals surface area contributed by atoms with Crippen molar-refractivity contribution < 1.29 is 89.4 Å². The van der Waals surface area contributed by atoms with Crippen molar-refractivity contribution >= 4 is 5.97 Å². The molecule has 8 fully saturated rings. The van der Waals surface area contributed by atoms with Crippen molar-refractivity contribution in [3.63, 3.8) is 0 Å². The highest BCUT2D eigenvalue weighted by Crippen LogP contribution is 2.77. The van der Waals surface area contributed by atoms with E-state index in [2.05, 4.69) is 34.3 Å². The minimum Gasteiger partial charge on any atom is -0.432 e. The van der Waals surface area contributed by atoms with E-state index in [4.69, 9.17) is 28.4 Å². The molecule has 3 saturated heterocycles. The molecule has 0 amide bonds. The zero-order chi connectivity index (χ0) is 48.2. The molecule has 5 aliphatic carbocycles. The SMILES string of the molecule is C=C(C)[C@@H]1CC[C@]2(C(=O)O[C@@H]3O[C@H](CO[C@@H]4O[C@H](CO)[C@@H](O[C@@H]5O[C@@H](C)[C@H](O)[C@@H](O)[C@H]5O)[C@H](O)[C@H]4O)[C@@H](O)[C@H](O)[C@H]3O)CC[C@]3(C)[C@H](CC[C@@H]4[C@@]5(C)CC[C@@H](O)[C@@](C)(CO)[C@@H]5CC[C@]43C)[C@@H]12. The highest BCUT2D eigenvalue weighted by atomic mass is 16.8. The topological polar surface area (TPSA) is 295 Å². The molecule has 66 heavy (non-hydrogen) atoms. The van der Waals surface area contributed by atoms with Crippen LogP contribution >= 0.6 is 0 Å². The molecule has 11 N–H and O–H groups in total. The summed E-state index contributed by atoms with van der Waals surface area (Å²) in [4.78, 5) is 15.0. The predicted molar refractivity (Wildman–Crippen MR) is 230 cm³/mol. The number of fused-ring (bicyclic) bond motifs is 7. The van der Waals surface area contributed by atoms with Crippen LogP contribution in [0, 0.1) is 56.7 Å². The number of hydrogen-bond donors (Lipinski definition) is 11. The zero-order valence-corrected chi connectivity index (χ0v) is 39.3. The summed E-state index contributed by atoms with van der Waals surface area (Å²) in [6.45, 7) is 15.8. The minimum absolute atomic E-state index is 0.0378. The average molecular weight is 943 g/mol. The van der Waals surface area contributed by atoms with Gasteiger partial charge in [-0.3, -0.25) is 4.79 Å². The maximum atomic E-state index is 15.0. The van der Waals surface area contributed by atoms with Gasteiger partial charge in [-0.15, -0.1) is 0 Å². The lowest BCUT2D eigenvalue weighted by atomic mass is 9.32. The second-order valence-electron chi connectivity index (χ2n) is 22.8. The van der Waals surface area contributed by atoms with Gasteiger partial charge < -0.3 is 84.6 Å². The fourth-order valence-electron chi connectivity index (χ4n) is 15.7. The third-order valence-corrected chi connectivity index (χ3v) is 19.8. The fourth-order valence-corrected chi connectivity index (χ4v) is 15.7. The standard InChI is InChI=1S/C48H78O18/c1-21(2)23-10-15-48(17-16-46(6)24(30(23)48)8-9-28-44(4)13-12-29(51)45(5,20-50)27(44)11-14-47(28,46)7)43(60)66-42-37(58)34(55)32(53)26(64-42)19-61-40-38(59)35(56)39(25(18-49)63-40)65-41-36(57)33(54)31(52)22(3)62-41/h22-42,49-59H,1,8-20H2,2-7H3/t22-,23-,24+,25+,26+,27+,28+,29+,30+,31-,32+,33+,34-,35+,36+,37+,38+,39+,40+,41-,42-,44-,45-,46+,47+,48-/m0/s1. The Labute approximate surface area is 387 Å². The van der Waals surface area contributed by atoms with Crippen molar-refractivity contribution in [3.8, 4) is 0 Å². The highest BCUT2D eigenvalue weighted by Gasteiger charge is 2.73. The highest BCUT2D eigenvalue weighted by molar-refractivity contribution is 5.78. The Bertz CT molecular complexity index is 1770. The molecule has 0 spiro atoms. The molecule has 18 nitrogen and oxygen atoms in total. The molecule has 0 aromatic rings. The van der Waals surface area contributed by atoms with Gasteiger partial charge in [0.2, 0.25) is 6.29 Å². The number of ether oxygens (including phenoxy) is 6. The summed E-state index contributed by atoms with van der Waals surface area (Å²) < 4.78 is 34.7. The van der Waals surface area contributed by atoms with Crippen LogP contribution in [0.5, 0.6) is 0 Å². The van der Waals surface area contributed by atoms with Crippen LogP contribution in [0.25, 0.3) is 0 Å². The minimum atomic E-state index is -1.85. The van der Waals surface area contributed by atoms with Crippen molar-refractivity contribution in [1.82, 2.24) is 0 Å². The van der Waals surface area contributed by atoms with E-state index in [1.165, 1.54) is 6.92 Å². The lowest BCUT2D eigenvalue weighted by Gasteiger charge is -2.72. The summed E-state index contributed by atoms with van der Waals surface area (Å²) in [5.74, 6) is 0.0482. The number of allylic oxidation sites excluding steroid dienone is 1. The van der Waals surface area contributed by atoms with E-state index in [0.717, 1.165) is 50.5 Å². The molecule has 0 aromatic heterocycles. The summed E-state index contributed by atoms with van der Waals surface area (Å²) in [7, 11) is 0. The first-order valence-corrected chi connectivity index (χ1v) is 24.4. The molecule has 8 rings (SSSR count). The Hall–Kier alpha value is -1.43. The van der Waals surface area contributed by atoms with Gasteiger partial charge in [-0.1, -0.05) is 39.8 Å². The van der Waals surface area contributed by atoms with E-state index < -0.39 is 128 Å². The molecule has 0 aromatic carbocycles. The molecule has 5 saturated carbocycles. The van der Waals surface area contributed by atoms with Crippen LogP contribution in [0.4, 0.5) is 0 Å². The summed E-state index contributed by atoms with van der Waals surface area (Å²) >= 11 is 0. The summed E-state index contributed by atoms with van der Waals surface area (Å²) in [5.41, 5.74) is -0.817. The molecule has 26 atom stereocenters. The Morgan fingerprint density at radius 3 is 1.97 bits per heavy atom. The summed E-state index contributed by atoms with van der Waals surface area (Å²) in [6, 6.07) is 0. The third-order valence-electron chi connectivity index (χ3n) is 19.8. The van der Waals surface area contributed by atoms with Gasteiger partial charge in [0.15, 0.2) is 12.6 Å². The summed E-state index contributed by atoms with van der Waals surface area (Å²) in [5, 5.41) is 118. The molecule has 0 bridgehead atoms. The molecule has 0 radical (unpaired) electrons. The number of rotatable bonds is 10. The normalized spacial score (nSPS) is 56.0. The van der Waals surface area contributed by atoms with Crippen LogP contribution in [0.3, 0.4) is 0 Å². The lowest BCUT2D eigenvalue weighted by molar-refractivity contribution is -0.361. The van der Waals surface area contributed by atoms with Crippen molar-refractivity contribution in [1.29, 1.82) is 0 Å². The van der Waals surface area contributed by atoms with Crippen LogP contribution < -0.4 is 0 Å². The van der Waals surface area contributed by atoms with Crippen molar-refractivity contribution in [2.45, 2.75) is 204 Å². The monoisotopic (exact) mass is 943 g/mol. The van der Waals surface area contributed by atoms with Gasteiger partial charge in [0.25, 0.3) is 0 Å². The van der Waals surface area contributed by atoms with Crippen molar-refractivity contribution in [2.24, 2.45) is 56.7 Å². The third kappa shape index (κ3) is 7.69. The number of aliphatic hydroxyl groups excluding tert-OH is 11. The summed E-state index contributed by atoms with van der Waals surface area (Å²) in [6.07, 6.45) is -16.9. The van der Waals surface area contributed by atoms with E-state index in [1.807, 2.05) is 6.92 Å². The van der Waals surface area contributed by atoms with E-state index >= 15 is 0 Å². The van der Waals surface area contributed by atoms with Crippen LogP contribution in [0.15, 0.2) is 12.2 Å². The second-order valence-corrected chi connectivity index (χ2v) is 22.8. The molecule has 8 aliphatic rings. The molecule has 18 heteroatoms. The van der Waals surface area contributed by atoms with Gasteiger partial charge in [-0.2, -0.15) is 0 Å². The van der Waals surface area contributed by atoms with Crippen molar-refractivity contribution in [2.75, 3.05) is 19.8 Å². The zero-order valence-electron chi connectivity index (χ0n) is 39.3. The van der Waals surface area contributed by atoms with Crippen LogP contribution in [0.2, 0.25) is 0 Å². The number of aliphatic hydroxyl groups is 11. The first-order valence-electron chi connectivity index (χ1n) is 24.4. The average Bonchev–Trinajstić information content (AvgIpc) is 3.69. The molecule has 378 valence electrons. The molecular weight excluding hydrogens is 865 g/mol. The van der Waals surface area contributed by atoms with Gasteiger partial charge in [0.05, 0.1) is 37.4 Å². The number of esters is 1. The van der Waals surface area contributed by atoms with Gasteiger partial charge in [-0.25, -0.2) is 0 Å². The second kappa shape index (κ2) is 18.3. The van der Waals surface area contributed by atoms with Crippen molar-refractivity contribution in [3.05, 3.63) is 12.2 Å². The molecule has 3 aliphatic heterocycles. The first kappa shape index (κ1) is 50.9. The molecular formula is C48H78O18. The van der Waals surface area contributed by atoms with Gasteiger partial charge in [0, 0.05) is 5.41 Å². The lowest BCUT2D eigenvalue weighted by Crippen LogP contribution is -2.68. The first-order chi connectivity index (χ1) is 30.9. The van der Waals surface area contributed by atoms with E-state index in [1.54, 1.807) is 0 Å². The van der Waals surface area contributed by atoms with E-state index in [-0.39, 0.29) is 46.5 Å².